The molecular formula is C17H16Cl2N2O4S. The molecule has 3 N–H and O–H groups in total. The molecule has 2 rings (SSSR count). The highest BCUT2D eigenvalue weighted by molar-refractivity contribution is 7.18. The zero-order chi connectivity index (χ0) is 19.4. The number of nitrogens with two attached hydrogens (primary N) is 1. The van der Waals surface area contributed by atoms with E-state index in [0.717, 1.165) is 11.3 Å². The van der Waals surface area contributed by atoms with Gasteiger partial charge >= 0.3 is 5.97 Å². The summed E-state index contributed by atoms with van der Waals surface area (Å²) in [5.41, 5.74) is 6.29. The molecule has 138 valence electrons. The van der Waals surface area contributed by atoms with Gasteiger partial charge in [-0.05, 0) is 37.1 Å². The van der Waals surface area contributed by atoms with Crippen LogP contribution in [0.2, 0.25) is 10.0 Å². The number of anilines is 1. The average molecular weight is 415 g/mol. The first-order chi connectivity index (χ1) is 12.3. The molecule has 1 heterocycles. The van der Waals surface area contributed by atoms with Crippen LogP contribution in [0, 0.1) is 6.92 Å². The van der Waals surface area contributed by atoms with Crippen LogP contribution in [-0.2, 0) is 16.0 Å². The highest BCUT2D eigenvalue weighted by Gasteiger charge is 2.26. The molecule has 2 aromatic rings. The van der Waals surface area contributed by atoms with Crippen LogP contribution in [0.3, 0.4) is 0 Å². The molecule has 0 radical (unpaired) electrons. The number of thiophene rings is 1. The molecule has 0 spiro atoms. The Morgan fingerprint density at radius 1 is 1.23 bits per heavy atom. The number of nitrogens with one attached hydrogen (secondary N) is 1. The van der Waals surface area contributed by atoms with E-state index < -0.39 is 17.8 Å². The summed E-state index contributed by atoms with van der Waals surface area (Å²) in [5, 5.41) is 3.54. The lowest BCUT2D eigenvalue weighted by molar-refractivity contribution is -0.115. The van der Waals surface area contributed by atoms with Crippen LogP contribution < -0.4 is 11.1 Å². The maximum Gasteiger partial charge on any atom is 0.341 e. The highest BCUT2D eigenvalue weighted by Crippen LogP contribution is 2.34. The molecule has 9 heteroatoms. The Kier molecular flexibility index (Phi) is 6.63. The first-order valence-corrected chi connectivity index (χ1v) is 9.16. The van der Waals surface area contributed by atoms with Crippen molar-refractivity contribution in [2.45, 2.75) is 20.3 Å². The van der Waals surface area contributed by atoms with Crippen LogP contribution in [0.1, 0.15) is 38.1 Å². The van der Waals surface area contributed by atoms with Crippen LogP contribution in [0.15, 0.2) is 18.2 Å². The van der Waals surface area contributed by atoms with Crippen LogP contribution >= 0.6 is 34.5 Å². The summed E-state index contributed by atoms with van der Waals surface area (Å²) < 4.78 is 5.00. The lowest BCUT2D eigenvalue weighted by atomic mass is 10.1. The Balaban J connectivity index is 2.33. The topological polar surface area (TPSA) is 98.5 Å². The molecule has 2 amide bonds. The van der Waals surface area contributed by atoms with E-state index >= 15 is 0 Å². The first-order valence-electron chi connectivity index (χ1n) is 7.59. The van der Waals surface area contributed by atoms with Crippen molar-refractivity contribution >= 4 is 57.3 Å². The molecule has 0 unspecified atom stereocenters. The minimum atomic E-state index is -0.687. The summed E-state index contributed by atoms with van der Waals surface area (Å²) in [6, 6.07) is 4.92. The Labute approximate surface area is 164 Å². The molecule has 0 saturated carbocycles. The van der Waals surface area contributed by atoms with E-state index in [1.165, 1.54) is 0 Å². The standard InChI is InChI=1S/C17H16Cl2N2O4S/c1-3-25-17(24)13-8(2)14(15(20)23)26-16(13)21-12(22)7-9-10(18)5-4-6-11(9)19/h4-6H,3,7H2,1-2H3,(H2,20,23)(H,21,22). The number of carbonyl (C=O) groups excluding carboxylic acids is 3. The molecular weight excluding hydrogens is 399 g/mol. The Morgan fingerprint density at radius 3 is 2.38 bits per heavy atom. The summed E-state index contributed by atoms with van der Waals surface area (Å²) in [4.78, 5) is 36.4. The number of rotatable bonds is 6. The third-order valence-electron chi connectivity index (χ3n) is 3.50. The van der Waals surface area contributed by atoms with E-state index in [4.69, 9.17) is 33.7 Å². The van der Waals surface area contributed by atoms with Gasteiger partial charge in [0.25, 0.3) is 5.91 Å². The van der Waals surface area contributed by atoms with Gasteiger partial charge in [0.1, 0.15) is 5.00 Å². The fraction of sp³-hybridized carbons (Fsp3) is 0.235. The molecule has 6 nitrogen and oxygen atoms in total. The van der Waals surface area contributed by atoms with Gasteiger partial charge in [0.05, 0.1) is 23.5 Å². The van der Waals surface area contributed by atoms with Gasteiger partial charge in [0.15, 0.2) is 0 Å². The second kappa shape index (κ2) is 8.53. The van der Waals surface area contributed by atoms with Gasteiger partial charge in [-0.15, -0.1) is 11.3 Å². The molecule has 0 atom stereocenters. The number of hydrogen-bond acceptors (Lipinski definition) is 5. The smallest absolute Gasteiger partial charge is 0.341 e. The van der Waals surface area contributed by atoms with Crippen LogP contribution in [-0.4, -0.2) is 24.4 Å². The largest absolute Gasteiger partial charge is 0.462 e. The summed E-state index contributed by atoms with van der Waals surface area (Å²) in [7, 11) is 0. The van der Waals surface area contributed by atoms with Crippen molar-refractivity contribution in [3.63, 3.8) is 0 Å². The molecule has 26 heavy (non-hydrogen) atoms. The Bertz CT molecular complexity index is 860. The van der Waals surface area contributed by atoms with Crippen molar-refractivity contribution in [2.24, 2.45) is 5.73 Å². The lowest BCUT2D eigenvalue weighted by Crippen LogP contribution is -2.17. The van der Waals surface area contributed by atoms with Gasteiger partial charge < -0.3 is 15.8 Å². The predicted molar refractivity (Wildman–Crippen MR) is 102 cm³/mol. The lowest BCUT2D eigenvalue weighted by Gasteiger charge is -2.09. The van der Waals surface area contributed by atoms with Crippen molar-refractivity contribution in [1.82, 2.24) is 0 Å². The SMILES string of the molecule is CCOC(=O)c1c(NC(=O)Cc2c(Cl)cccc2Cl)sc(C(N)=O)c1C. The van der Waals surface area contributed by atoms with Crippen molar-refractivity contribution < 1.29 is 19.1 Å². The molecule has 1 aromatic heterocycles. The normalized spacial score (nSPS) is 10.5. The number of benzene rings is 1. The van der Waals surface area contributed by atoms with E-state index in [1.807, 2.05) is 0 Å². The molecule has 0 saturated heterocycles. The third kappa shape index (κ3) is 4.35. The van der Waals surface area contributed by atoms with Gasteiger partial charge in [0.2, 0.25) is 5.91 Å². The minimum absolute atomic E-state index is 0.0936. The second-order valence-electron chi connectivity index (χ2n) is 5.27. The molecule has 1 aromatic carbocycles. The van der Waals surface area contributed by atoms with E-state index in [1.54, 1.807) is 32.0 Å². The van der Waals surface area contributed by atoms with Gasteiger partial charge in [-0.3, -0.25) is 9.59 Å². The molecule has 0 aliphatic rings. The van der Waals surface area contributed by atoms with Gasteiger partial charge in [0, 0.05) is 10.0 Å². The quantitative estimate of drug-likeness (QED) is 0.701. The molecule has 0 aliphatic carbocycles. The van der Waals surface area contributed by atoms with Gasteiger partial charge in [-0.25, -0.2) is 4.79 Å². The number of esters is 1. The maximum atomic E-state index is 12.4. The van der Waals surface area contributed by atoms with E-state index in [-0.39, 0.29) is 28.5 Å². The Hall–Kier alpha value is -2.09. The van der Waals surface area contributed by atoms with Crippen LogP contribution in [0.4, 0.5) is 5.00 Å². The maximum absolute atomic E-state index is 12.4. The molecule has 0 aliphatic heterocycles. The second-order valence-corrected chi connectivity index (χ2v) is 7.11. The predicted octanol–water partition coefficient (Wildman–Crippen LogP) is 3.82. The highest BCUT2D eigenvalue weighted by atomic mass is 35.5. The third-order valence-corrected chi connectivity index (χ3v) is 5.43. The fourth-order valence-corrected chi connectivity index (χ4v) is 3.91. The number of halogens is 2. The van der Waals surface area contributed by atoms with Crippen LogP contribution in [0.5, 0.6) is 0 Å². The van der Waals surface area contributed by atoms with Crippen molar-refractivity contribution in [3.8, 4) is 0 Å². The monoisotopic (exact) mass is 414 g/mol. The zero-order valence-corrected chi connectivity index (χ0v) is 16.3. The molecule has 0 bridgehead atoms. The number of ether oxygens (including phenoxy) is 1. The zero-order valence-electron chi connectivity index (χ0n) is 14.0. The minimum Gasteiger partial charge on any atom is -0.462 e. The van der Waals surface area contributed by atoms with Crippen molar-refractivity contribution in [1.29, 1.82) is 0 Å². The fourth-order valence-electron chi connectivity index (χ4n) is 2.32. The van der Waals surface area contributed by atoms with Gasteiger partial charge in [-0.1, -0.05) is 29.3 Å². The molecule has 0 fully saturated rings. The van der Waals surface area contributed by atoms with E-state index in [9.17, 15) is 14.4 Å². The van der Waals surface area contributed by atoms with Crippen molar-refractivity contribution in [3.05, 3.63) is 49.8 Å². The van der Waals surface area contributed by atoms with Crippen LogP contribution in [0.25, 0.3) is 0 Å². The van der Waals surface area contributed by atoms with Crippen molar-refractivity contribution in [2.75, 3.05) is 11.9 Å². The van der Waals surface area contributed by atoms with E-state index in [2.05, 4.69) is 5.32 Å². The van der Waals surface area contributed by atoms with Gasteiger partial charge in [-0.2, -0.15) is 0 Å². The summed E-state index contributed by atoms with van der Waals surface area (Å²) in [5.74, 6) is -1.77. The summed E-state index contributed by atoms with van der Waals surface area (Å²) in [6.45, 7) is 3.39. The number of primary amides is 1. The first kappa shape index (κ1) is 20.2. The number of amides is 2. The number of hydrogen-bond donors (Lipinski definition) is 2. The average Bonchev–Trinajstić information content (AvgIpc) is 2.88. The van der Waals surface area contributed by atoms with E-state index in [0.29, 0.717) is 21.2 Å². The summed E-state index contributed by atoms with van der Waals surface area (Å²) >= 11 is 13.1. The Morgan fingerprint density at radius 2 is 1.85 bits per heavy atom. The summed E-state index contributed by atoms with van der Waals surface area (Å²) in [6.07, 6.45) is -0.0936. The number of carbonyl (C=O) groups is 3.